The van der Waals surface area contributed by atoms with Crippen molar-refractivity contribution in [1.29, 1.82) is 0 Å². The number of carbonyl (C=O) groups excluding carboxylic acids is 2. The molecule has 0 aliphatic carbocycles. The standard InChI is InChI=1S/C19H26N2O3/c1-12(2)17(22)15-16(14-9-7-6-8-13(14)3)21(11-10-20(4)5)19(24)18(15)23/h6-9,12,16,23H,10-11H2,1-5H3. The lowest BCUT2D eigenvalue weighted by Crippen LogP contribution is -2.37. The van der Waals surface area contributed by atoms with Gasteiger partial charge in [-0.3, -0.25) is 9.59 Å². The molecule has 0 radical (unpaired) electrons. The summed E-state index contributed by atoms with van der Waals surface area (Å²) in [4.78, 5) is 28.8. The van der Waals surface area contributed by atoms with Crippen molar-refractivity contribution in [3.63, 3.8) is 0 Å². The van der Waals surface area contributed by atoms with Crippen molar-refractivity contribution in [1.82, 2.24) is 9.80 Å². The summed E-state index contributed by atoms with van der Waals surface area (Å²) in [6, 6.07) is 7.17. The molecule has 1 atom stereocenters. The fourth-order valence-electron chi connectivity index (χ4n) is 2.97. The number of hydrogen-bond donors (Lipinski definition) is 1. The van der Waals surface area contributed by atoms with Gasteiger partial charge in [0.15, 0.2) is 11.5 Å². The maximum Gasteiger partial charge on any atom is 0.290 e. The molecule has 130 valence electrons. The molecule has 0 saturated heterocycles. The van der Waals surface area contributed by atoms with Crippen LogP contribution in [-0.2, 0) is 9.59 Å². The molecule has 1 aromatic rings. The van der Waals surface area contributed by atoms with E-state index in [1.54, 1.807) is 18.7 Å². The second-order valence-electron chi connectivity index (χ2n) is 6.84. The molecule has 0 fully saturated rings. The van der Waals surface area contributed by atoms with Crippen molar-refractivity contribution < 1.29 is 14.7 Å². The number of likely N-dealkylation sites (N-methyl/N-ethyl adjacent to an activating group) is 1. The molecule has 5 heteroatoms. The van der Waals surface area contributed by atoms with Gasteiger partial charge >= 0.3 is 0 Å². The second kappa shape index (κ2) is 7.18. The van der Waals surface area contributed by atoms with Crippen molar-refractivity contribution in [2.75, 3.05) is 27.2 Å². The summed E-state index contributed by atoms with van der Waals surface area (Å²) < 4.78 is 0. The Labute approximate surface area is 143 Å². The van der Waals surface area contributed by atoms with Crippen LogP contribution in [0.4, 0.5) is 0 Å². The lowest BCUT2D eigenvalue weighted by Gasteiger charge is -2.29. The molecule has 24 heavy (non-hydrogen) atoms. The molecule has 5 nitrogen and oxygen atoms in total. The number of benzene rings is 1. The molecule has 1 aromatic carbocycles. The number of nitrogens with zero attached hydrogens (tertiary/aromatic N) is 2. The fraction of sp³-hybridized carbons (Fsp3) is 0.474. The number of ketones is 1. The molecule has 1 unspecified atom stereocenters. The zero-order chi connectivity index (χ0) is 18.0. The average molecular weight is 330 g/mol. The van der Waals surface area contributed by atoms with E-state index in [-0.39, 0.29) is 17.3 Å². The third kappa shape index (κ3) is 3.36. The van der Waals surface area contributed by atoms with E-state index in [1.165, 1.54) is 0 Å². The quantitative estimate of drug-likeness (QED) is 0.870. The molecule has 1 aliphatic heterocycles. The van der Waals surface area contributed by atoms with Crippen LogP contribution in [0.2, 0.25) is 0 Å². The van der Waals surface area contributed by atoms with Crippen molar-refractivity contribution in [2.24, 2.45) is 5.92 Å². The van der Waals surface area contributed by atoms with Gasteiger partial charge in [-0.1, -0.05) is 38.1 Å². The Balaban J connectivity index is 2.53. The van der Waals surface area contributed by atoms with Gasteiger partial charge in [0.1, 0.15) is 0 Å². The zero-order valence-electron chi connectivity index (χ0n) is 15.0. The van der Waals surface area contributed by atoms with Crippen LogP contribution < -0.4 is 0 Å². The number of aliphatic hydroxyl groups is 1. The van der Waals surface area contributed by atoms with Gasteiger partial charge in [0.05, 0.1) is 11.6 Å². The zero-order valence-corrected chi connectivity index (χ0v) is 15.0. The molecule has 0 spiro atoms. The van der Waals surface area contributed by atoms with E-state index in [2.05, 4.69) is 0 Å². The first-order valence-corrected chi connectivity index (χ1v) is 8.24. The Morgan fingerprint density at radius 1 is 1.29 bits per heavy atom. The van der Waals surface area contributed by atoms with E-state index in [1.807, 2.05) is 50.2 Å². The third-order valence-corrected chi connectivity index (χ3v) is 4.36. The van der Waals surface area contributed by atoms with Crippen LogP contribution in [0.5, 0.6) is 0 Å². The highest BCUT2D eigenvalue weighted by molar-refractivity contribution is 6.09. The highest BCUT2D eigenvalue weighted by Gasteiger charge is 2.44. The van der Waals surface area contributed by atoms with E-state index in [0.29, 0.717) is 13.1 Å². The Morgan fingerprint density at radius 3 is 2.46 bits per heavy atom. The number of aliphatic hydroxyl groups excluding tert-OH is 1. The van der Waals surface area contributed by atoms with E-state index in [4.69, 9.17) is 0 Å². The lowest BCUT2D eigenvalue weighted by molar-refractivity contribution is -0.129. The smallest absolute Gasteiger partial charge is 0.290 e. The summed E-state index contributed by atoms with van der Waals surface area (Å²) >= 11 is 0. The maximum atomic E-state index is 12.7. The van der Waals surface area contributed by atoms with Crippen LogP contribution in [-0.4, -0.2) is 53.8 Å². The van der Waals surface area contributed by atoms with Crippen LogP contribution in [0.3, 0.4) is 0 Å². The molecule has 2 rings (SSSR count). The van der Waals surface area contributed by atoms with E-state index < -0.39 is 17.7 Å². The first-order valence-electron chi connectivity index (χ1n) is 8.24. The van der Waals surface area contributed by atoms with Crippen molar-refractivity contribution in [3.8, 4) is 0 Å². The molecule has 1 heterocycles. The summed E-state index contributed by atoms with van der Waals surface area (Å²) in [5.74, 6) is -1.33. The predicted molar refractivity (Wildman–Crippen MR) is 93.7 cm³/mol. The van der Waals surface area contributed by atoms with Crippen LogP contribution in [0.25, 0.3) is 0 Å². The summed E-state index contributed by atoms with van der Waals surface area (Å²) in [5.41, 5.74) is 2.11. The number of hydrogen-bond acceptors (Lipinski definition) is 4. The summed E-state index contributed by atoms with van der Waals surface area (Å²) in [6.07, 6.45) is 0. The number of aryl methyl sites for hydroxylation is 1. The number of Topliss-reactive ketones (excluding diaryl/α,β-unsaturated/α-hetero) is 1. The van der Waals surface area contributed by atoms with Gasteiger partial charge in [-0.2, -0.15) is 0 Å². The molecule has 0 bridgehead atoms. The third-order valence-electron chi connectivity index (χ3n) is 4.36. The van der Waals surface area contributed by atoms with Crippen molar-refractivity contribution in [3.05, 3.63) is 46.7 Å². The topological polar surface area (TPSA) is 60.9 Å². The van der Waals surface area contributed by atoms with E-state index >= 15 is 0 Å². The van der Waals surface area contributed by atoms with E-state index in [9.17, 15) is 14.7 Å². The Morgan fingerprint density at radius 2 is 1.92 bits per heavy atom. The fourth-order valence-corrected chi connectivity index (χ4v) is 2.97. The summed E-state index contributed by atoms with van der Waals surface area (Å²) in [6.45, 7) is 6.63. The van der Waals surface area contributed by atoms with Gasteiger partial charge in [-0.05, 0) is 32.1 Å². The molecule has 0 saturated carbocycles. The van der Waals surface area contributed by atoms with E-state index in [0.717, 1.165) is 11.1 Å². The minimum atomic E-state index is -0.520. The Hall–Kier alpha value is -2.14. The SMILES string of the molecule is Cc1ccccc1C1C(C(=O)C(C)C)=C(O)C(=O)N1CCN(C)C. The Bertz CT molecular complexity index is 677. The number of amides is 1. The van der Waals surface area contributed by atoms with Gasteiger partial charge in [0.25, 0.3) is 5.91 Å². The van der Waals surface area contributed by atoms with Crippen molar-refractivity contribution in [2.45, 2.75) is 26.8 Å². The molecular formula is C19H26N2O3. The van der Waals surface area contributed by atoms with Crippen LogP contribution in [0, 0.1) is 12.8 Å². The van der Waals surface area contributed by atoms with Gasteiger partial charge in [0, 0.05) is 19.0 Å². The maximum absolute atomic E-state index is 12.7. The monoisotopic (exact) mass is 330 g/mol. The molecular weight excluding hydrogens is 304 g/mol. The van der Waals surface area contributed by atoms with Gasteiger partial charge in [-0.25, -0.2) is 0 Å². The largest absolute Gasteiger partial charge is 0.503 e. The van der Waals surface area contributed by atoms with Crippen LogP contribution in [0.1, 0.15) is 31.0 Å². The Kier molecular flexibility index (Phi) is 5.44. The normalized spacial score (nSPS) is 18.2. The van der Waals surface area contributed by atoms with Crippen LogP contribution >= 0.6 is 0 Å². The molecule has 1 aliphatic rings. The molecule has 0 aromatic heterocycles. The first kappa shape index (κ1) is 18.2. The molecule has 1 amide bonds. The van der Waals surface area contributed by atoms with Gasteiger partial charge in [-0.15, -0.1) is 0 Å². The highest BCUT2D eigenvalue weighted by Crippen LogP contribution is 2.39. The summed E-state index contributed by atoms with van der Waals surface area (Å²) in [5, 5.41) is 10.4. The minimum absolute atomic E-state index is 0.179. The predicted octanol–water partition coefficient (Wildman–Crippen LogP) is 2.48. The van der Waals surface area contributed by atoms with Crippen LogP contribution in [0.15, 0.2) is 35.6 Å². The molecule has 1 N–H and O–H groups in total. The average Bonchev–Trinajstić information content (AvgIpc) is 2.76. The van der Waals surface area contributed by atoms with Crippen molar-refractivity contribution >= 4 is 11.7 Å². The van der Waals surface area contributed by atoms with Gasteiger partial charge < -0.3 is 14.9 Å². The summed E-state index contributed by atoms with van der Waals surface area (Å²) in [7, 11) is 3.85. The lowest BCUT2D eigenvalue weighted by atomic mass is 9.89. The minimum Gasteiger partial charge on any atom is -0.503 e. The highest BCUT2D eigenvalue weighted by atomic mass is 16.3. The first-order chi connectivity index (χ1) is 11.3. The van der Waals surface area contributed by atoms with Gasteiger partial charge in [0.2, 0.25) is 0 Å². The number of rotatable bonds is 6. The second-order valence-corrected chi connectivity index (χ2v) is 6.84. The number of carbonyl (C=O) groups is 2.